The smallest absolute Gasteiger partial charge is 0.345 e. The molecule has 1 N–H and O–H groups in total. The van der Waals surface area contributed by atoms with Gasteiger partial charge in [0.15, 0.2) is 5.06 Å². The Morgan fingerprint density at radius 3 is 2.71 bits per heavy atom. The maximum absolute atomic E-state index is 12.8. The van der Waals surface area contributed by atoms with Crippen molar-refractivity contribution in [2.45, 2.75) is 0 Å². The fourth-order valence-corrected chi connectivity index (χ4v) is 2.07. The number of thiophene rings is 1. The molecule has 2 aromatic rings. The summed E-state index contributed by atoms with van der Waals surface area (Å²) < 4.78 is 18.1. The van der Waals surface area contributed by atoms with E-state index in [2.05, 4.69) is 0 Å². The lowest BCUT2D eigenvalue weighted by Crippen LogP contribution is -1.89. The summed E-state index contributed by atoms with van der Waals surface area (Å²) >= 11 is 6.75. The molecule has 0 spiro atoms. The third-order valence-electron chi connectivity index (χ3n) is 1.90. The second-order valence-electron chi connectivity index (χ2n) is 3.10. The first-order valence-corrected chi connectivity index (χ1v) is 5.72. The van der Waals surface area contributed by atoms with Gasteiger partial charge in [-0.25, -0.2) is 9.18 Å². The second kappa shape index (κ2) is 4.73. The maximum Gasteiger partial charge on any atom is 0.345 e. The van der Waals surface area contributed by atoms with Gasteiger partial charge in [0, 0.05) is 0 Å². The molecule has 0 fully saturated rings. The summed E-state index contributed by atoms with van der Waals surface area (Å²) in [6, 6.07) is 6.68. The Labute approximate surface area is 105 Å². The number of carboxylic acids is 1. The zero-order chi connectivity index (χ0) is 12.4. The Morgan fingerprint density at radius 1 is 1.35 bits per heavy atom. The van der Waals surface area contributed by atoms with Crippen LogP contribution in [0.5, 0.6) is 10.8 Å². The molecule has 0 bridgehead atoms. The lowest BCUT2D eigenvalue weighted by Gasteiger charge is -2.04. The summed E-state index contributed by atoms with van der Waals surface area (Å²) in [7, 11) is 0. The first kappa shape index (κ1) is 11.9. The number of rotatable bonds is 3. The van der Waals surface area contributed by atoms with Crippen molar-refractivity contribution in [2.75, 3.05) is 0 Å². The van der Waals surface area contributed by atoms with E-state index in [1.807, 2.05) is 0 Å². The van der Waals surface area contributed by atoms with Gasteiger partial charge in [-0.1, -0.05) is 22.9 Å². The van der Waals surface area contributed by atoms with E-state index in [0.717, 1.165) is 17.4 Å². The number of hydrogen-bond acceptors (Lipinski definition) is 3. The van der Waals surface area contributed by atoms with Crippen LogP contribution in [0.15, 0.2) is 30.3 Å². The molecule has 88 valence electrons. The number of benzene rings is 1. The summed E-state index contributed by atoms with van der Waals surface area (Å²) in [5.41, 5.74) is 0. The van der Waals surface area contributed by atoms with E-state index in [9.17, 15) is 9.18 Å². The van der Waals surface area contributed by atoms with Gasteiger partial charge in [0.1, 0.15) is 16.4 Å². The van der Waals surface area contributed by atoms with Gasteiger partial charge < -0.3 is 9.84 Å². The number of halogens is 2. The Balaban J connectivity index is 2.22. The van der Waals surface area contributed by atoms with E-state index in [1.54, 1.807) is 0 Å². The Kier molecular flexibility index (Phi) is 3.31. The molecule has 0 atom stereocenters. The van der Waals surface area contributed by atoms with E-state index in [1.165, 1.54) is 24.3 Å². The zero-order valence-corrected chi connectivity index (χ0v) is 9.89. The van der Waals surface area contributed by atoms with Crippen molar-refractivity contribution in [3.8, 4) is 10.8 Å². The van der Waals surface area contributed by atoms with Gasteiger partial charge in [0.2, 0.25) is 0 Å². The van der Waals surface area contributed by atoms with Crippen molar-refractivity contribution in [3.05, 3.63) is 46.0 Å². The monoisotopic (exact) mass is 272 g/mol. The maximum atomic E-state index is 12.8. The minimum Gasteiger partial charge on any atom is -0.477 e. The van der Waals surface area contributed by atoms with Gasteiger partial charge in [-0.2, -0.15) is 0 Å². The number of carbonyl (C=O) groups is 1. The Morgan fingerprint density at radius 2 is 2.12 bits per heavy atom. The quantitative estimate of drug-likeness (QED) is 0.917. The van der Waals surface area contributed by atoms with Crippen LogP contribution in [0.25, 0.3) is 0 Å². The van der Waals surface area contributed by atoms with Crippen molar-refractivity contribution < 1.29 is 19.0 Å². The molecule has 1 aromatic carbocycles. The van der Waals surface area contributed by atoms with Crippen molar-refractivity contribution in [1.29, 1.82) is 0 Å². The summed E-state index contributed by atoms with van der Waals surface area (Å²) in [5.74, 6) is -1.19. The summed E-state index contributed by atoms with van der Waals surface area (Å²) in [6.45, 7) is 0. The molecule has 2 rings (SSSR count). The largest absolute Gasteiger partial charge is 0.477 e. The lowest BCUT2D eigenvalue weighted by molar-refractivity contribution is 0.0702. The predicted molar refractivity (Wildman–Crippen MR) is 62.8 cm³/mol. The molecule has 1 heterocycles. The van der Waals surface area contributed by atoms with Crippen LogP contribution in [0, 0.1) is 5.82 Å². The molecule has 0 radical (unpaired) electrons. The fraction of sp³-hybridized carbons (Fsp3) is 0. The van der Waals surface area contributed by atoms with E-state index < -0.39 is 11.8 Å². The highest BCUT2D eigenvalue weighted by Gasteiger charge is 2.10. The molecule has 0 aliphatic heterocycles. The molecule has 0 saturated heterocycles. The molecule has 6 heteroatoms. The zero-order valence-electron chi connectivity index (χ0n) is 8.31. The van der Waals surface area contributed by atoms with Crippen LogP contribution in [0.2, 0.25) is 5.02 Å². The van der Waals surface area contributed by atoms with Crippen LogP contribution in [-0.2, 0) is 0 Å². The summed E-state index contributed by atoms with van der Waals surface area (Å²) in [5, 5.41) is 9.25. The van der Waals surface area contributed by atoms with E-state index in [-0.39, 0.29) is 15.6 Å². The van der Waals surface area contributed by atoms with Crippen LogP contribution in [0.3, 0.4) is 0 Å². The van der Waals surface area contributed by atoms with Crippen LogP contribution < -0.4 is 4.74 Å². The molecule has 0 saturated carbocycles. The molecule has 0 amide bonds. The third kappa shape index (κ3) is 2.75. The average Bonchev–Trinajstić information content (AvgIpc) is 2.71. The van der Waals surface area contributed by atoms with E-state index >= 15 is 0 Å². The van der Waals surface area contributed by atoms with Crippen LogP contribution in [-0.4, -0.2) is 11.1 Å². The highest BCUT2D eigenvalue weighted by molar-refractivity contribution is 7.15. The van der Waals surface area contributed by atoms with Gasteiger partial charge in [-0.05, 0) is 30.3 Å². The van der Waals surface area contributed by atoms with Crippen LogP contribution in [0.1, 0.15) is 9.67 Å². The minimum absolute atomic E-state index is 0.135. The Hall–Kier alpha value is -1.59. The summed E-state index contributed by atoms with van der Waals surface area (Å²) in [6.07, 6.45) is 0. The van der Waals surface area contributed by atoms with Crippen molar-refractivity contribution in [2.24, 2.45) is 0 Å². The van der Waals surface area contributed by atoms with Crippen LogP contribution in [0.4, 0.5) is 4.39 Å². The topological polar surface area (TPSA) is 46.5 Å². The molecule has 0 aliphatic rings. The van der Waals surface area contributed by atoms with E-state index in [4.69, 9.17) is 21.4 Å². The molecular formula is C11H6ClFO3S. The number of carboxylic acid groups (broad SMARTS) is 1. The molecule has 3 nitrogen and oxygen atoms in total. The Bertz CT molecular complexity index is 568. The second-order valence-corrected chi connectivity index (χ2v) is 4.55. The predicted octanol–water partition coefficient (Wildman–Crippen LogP) is 4.03. The lowest BCUT2D eigenvalue weighted by atomic mass is 10.3. The highest BCUT2D eigenvalue weighted by atomic mass is 35.5. The fourth-order valence-electron chi connectivity index (χ4n) is 1.16. The minimum atomic E-state index is -1.02. The molecule has 0 unspecified atom stereocenters. The van der Waals surface area contributed by atoms with Gasteiger partial charge in [-0.3, -0.25) is 0 Å². The SMILES string of the molecule is O=C(O)c1ccc(Oc2ccc(F)cc2Cl)s1. The number of ether oxygens (including phenoxy) is 1. The molecule has 17 heavy (non-hydrogen) atoms. The van der Waals surface area contributed by atoms with Crippen molar-refractivity contribution >= 4 is 28.9 Å². The normalized spacial score (nSPS) is 10.2. The number of aromatic carboxylic acids is 1. The summed E-state index contributed by atoms with van der Waals surface area (Å²) in [4.78, 5) is 10.8. The number of hydrogen-bond donors (Lipinski definition) is 1. The standard InChI is InChI=1S/C11H6ClFO3S/c12-7-5-6(13)1-2-8(7)16-10-4-3-9(17-10)11(14)15/h1-5H,(H,14,15). The molecule has 1 aromatic heterocycles. The first-order valence-electron chi connectivity index (χ1n) is 4.52. The van der Waals surface area contributed by atoms with Crippen molar-refractivity contribution in [3.63, 3.8) is 0 Å². The highest BCUT2D eigenvalue weighted by Crippen LogP contribution is 2.33. The van der Waals surface area contributed by atoms with Gasteiger partial charge in [0.25, 0.3) is 0 Å². The molecular weight excluding hydrogens is 267 g/mol. The average molecular weight is 273 g/mol. The van der Waals surface area contributed by atoms with Gasteiger partial charge in [0.05, 0.1) is 5.02 Å². The third-order valence-corrected chi connectivity index (χ3v) is 3.14. The van der Waals surface area contributed by atoms with Crippen LogP contribution >= 0.6 is 22.9 Å². The first-order chi connectivity index (χ1) is 8.06. The van der Waals surface area contributed by atoms with Crippen molar-refractivity contribution in [1.82, 2.24) is 0 Å². The van der Waals surface area contributed by atoms with E-state index in [0.29, 0.717) is 5.06 Å². The molecule has 0 aliphatic carbocycles. The van der Waals surface area contributed by atoms with Gasteiger partial charge in [-0.15, -0.1) is 0 Å². The van der Waals surface area contributed by atoms with Gasteiger partial charge >= 0.3 is 5.97 Å².